The minimum Gasteiger partial charge on any atom is -0.467 e. The predicted octanol–water partition coefficient (Wildman–Crippen LogP) is 2.86. The molecule has 1 unspecified atom stereocenters. The highest BCUT2D eigenvalue weighted by molar-refractivity contribution is 14.0. The normalized spacial score (nSPS) is 18.4. The molecule has 21 heavy (non-hydrogen) atoms. The molecule has 1 saturated heterocycles. The summed E-state index contributed by atoms with van der Waals surface area (Å²) in [6.07, 6.45) is 5.46. The molecular weight excluding hydrogens is 381 g/mol. The van der Waals surface area contributed by atoms with Gasteiger partial charge in [0.25, 0.3) is 0 Å². The monoisotopic (exact) mass is 407 g/mol. The van der Waals surface area contributed by atoms with E-state index in [1.807, 2.05) is 19.2 Å². The van der Waals surface area contributed by atoms with Gasteiger partial charge in [-0.2, -0.15) is 0 Å². The number of ether oxygens (including phenoxy) is 1. The van der Waals surface area contributed by atoms with Crippen molar-refractivity contribution in [1.29, 1.82) is 0 Å². The summed E-state index contributed by atoms with van der Waals surface area (Å²) in [4.78, 5) is 6.75. The van der Waals surface area contributed by atoms with Crippen LogP contribution in [0.1, 0.15) is 31.9 Å². The minimum absolute atomic E-state index is 0. The molecule has 1 fully saturated rings. The van der Waals surface area contributed by atoms with E-state index in [9.17, 15) is 0 Å². The molecule has 0 radical (unpaired) electrons. The van der Waals surface area contributed by atoms with Crippen molar-refractivity contribution in [1.82, 2.24) is 10.2 Å². The van der Waals surface area contributed by atoms with Crippen molar-refractivity contribution in [3.05, 3.63) is 24.2 Å². The largest absolute Gasteiger partial charge is 0.467 e. The first-order chi connectivity index (χ1) is 9.79. The first-order valence-electron chi connectivity index (χ1n) is 7.43. The zero-order valence-electron chi connectivity index (χ0n) is 12.9. The van der Waals surface area contributed by atoms with Gasteiger partial charge >= 0.3 is 0 Å². The summed E-state index contributed by atoms with van der Waals surface area (Å²) in [6, 6.07) is 3.89. The lowest BCUT2D eigenvalue weighted by Gasteiger charge is -2.21. The quantitative estimate of drug-likeness (QED) is 0.448. The molecule has 1 aliphatic rings. The van der Waals surface area contributed by atoms with E-state index in [2.05, 4.69) is 22.1 Å². The summed E-state index contributed by atoms with van der Waals surface area (Å²) in [5, 5.41) is 3.31. The van der Waals surface area contributed by atoms with Crippen molar-refractivity contribution in [3.63, 3.8) is 0 Å². The highest BCUT2D eigenvalue weighted by Gasteiger charge is 2.15. The molecule has 120 valence electrons. The van der Waals surface area contributed by atoms with Crippen LogP contribution >= 0.6 is 24.0 Å². The Morgan fingerprint density at radius 2 is 2.38 bits per heavy atom. The lowest BCUT2D eigenvalue weighted by atomic mass is 10.2. The van der Waals surface area contributed by atoms with Crippen molar-refractivity contribution in [2.75, 3.05) is 26.7 Å². The maximum atomic E-state index is 5.62. The van der Waals surface area contributed by atoms with Gasteiger partial charge in [0.2, 0.25) is 0 Å². The van der Waals surface area contributed by atoms with Gasteiger partial charge in [-0.05, 0) is 38.3 Å². The van der Waals surface area contributed by atoms with E-state index in [0.717, 1.165) is 44.4 Å². The number of rotatable bonds is 6. The Balaban J connectivity index is 0.00000220. The second-order valence-electron chi connectivity index (χ2n) is 5.09. The molecule has 2 rings (SSSR count). The average molecular weight is 407 g/mol. The van der Waals surface area contributed by atoms with Gasteiger partial charge in [0.15, 0.2) is 5.96 Å². The molecule has 1 N–H and O–H groups in total. The second kappa shape index (κ2) is 10.0. The number of aliphatic imine (C=N–C) groups is 1. The number of halogens is 1. The van der Waals surface area contributed by atoms with Gasteiger partial charge in [0.05, 0.1) is 18.9 Å². The Morgan fingerprint density at radius 3 is 3.00 bits per heavy atom. The Kier molecular flexibility index (Phi) is 8.75. The molecule has 2 heterocycles. The van der Waals surface area contributed by atoms with Crippen molar-refractivity contribution >= 4 is 29.9 Å². The van der Waals surface area contributed by atoms with Crippen LogP contribution in [0.2, 0.25) is 0 Å². The zero-order chi connectivity index (χ0) is 14.2. The van der Waals surface area contributed by atoms with E-state index in [4.69, 9.17) is 9.15 Å². The number of nitrogens with one attached hydrogen (secondary N) is 1. The van der Waals surface area contributed by atoms with Gasteiger partial charge in [0.1, 0.15) is 5.76 Å². The van der Waals surface area contributed by atoms with Crippen molar-refractivity contribution in [3.8, 4) is 0 Å². The molecule has 1 aromatic rings. The third kappa shape index (κ3) is 6.25. The molecule has 1 atom stereocenters. The standard InChI is InChI=1S/C15H25N3O2.HI/c1-3-16-15(17-9-8-13-6-4-10-19-13)18(2)12-14-7-5-11-20-14;/h5,7,11,13H,3-4,6,8-10,12H2,1-2H3,(H,16,17);1H. The summed E-state index contributed by atoms with van der Waals surface area (Å²) in [6.45, 7) is 5.37. The van der Waals surface area contributed by atoms with Crippen LogP contribution in [0.4, 0.5) is 0 Å². The van der Waals surface area contributed by atoms with Crippen LogP contribution in [0.15, 0.2) is 27.8 Å². The maximum Gasteiger partial charge on any atom is 0.194 e. The molecule has 6 heteroatoms. The van der Waals surface area contributed by atoms with Crippen LogP contribution in [0, 0.1) is 0 Å². The lowest BCUT2D eigenvalue weighted by Crippen LogP contribution is -2.38. The van der Waals surface area contributed by atoms with Gasteiger partial charge in [-0.15, -0.1) is 24.0 Å². The molecular formula is C15H26IN3O2. The van der Waals surface area contributed by atoms with Crippen LogP contribution in [-0.4, -0.2) is 43.7 Å². The fraction of sp³-hybridized carbons (Fsp3) is 0.667. The number of hydrogen-bond acceptors (Lipinski definition) is 3. The van der Waals surface area contributed by atoms with Crippen molar-refractivity contribution in [2.24, 2.45) is 4.99 Å². The molecule has 1 aliphatic heterocycles. The number of hydrogen-bond donors (Lipinski definition) is 1. The Morgan fingerprint density at radius 1 is 1.52 bits per heavy atom. The summed E-state index contributed by atoms with van der Waals surface area (Å²) in [7, 11) is 2.02. The molecule has 1 aromatic heterocycles. The molecule has 0 aromatic carbocycles. The van der Waals surface area contributed by atoms with Gasteiger partial charge < -0.3 is 19.4 Å². The van der Waals surface area contributed by atoms with E-state index in [0.29, 0.717) is 6.10 Å². The van der Waals surface area contributed by atoms with Crippen LogP contribution in [0.5, 0.6) is 0 Å². The van der Waals surface area contributed by atoms with E-state index in [1.165, 1.54) is 12.8 Å². The van der Waals surface area contributed by atoms with Crippen LogP contribution in [0.25, 0.3) is 0 Å². The number of guanidine groups is 1. The predicted molar refractivity (Wildman–Crippen MR) is 95.2 cm³/mol. The molecule has 0 bridgehead atoms. The van der Waals surface area contributed by atoms with E-state index in [-0.39, 0.29) is 24.0 Å². The SMILES string of the molecule is CCNC(=NCCC1CCCO1)N(C)Cc1ccco1.I. The minimum atomic E-state index is 0. The zero-order valence-corrected chi connectivity index (χ0v) is 15.2. The summed E-state index contributed by atoms with van der Waals surface area (Å²) in [5.74, 6) is 1.86. The molecule has 0 saturated carbocycles. The lowest BCUT2D eigenvalue weighted by molar-refractivity contribution is 0.106. The van der Waals surface area contributed by atoms with E-state index in [1.54, 1.807) is 6.26 Å². The van der Waals surface area contributed by atoms with Gasteiger partial charge in [-0.3, -0.25) is 4.99 Å². The summed E-state index contributed by atoms with van der Waals surface area (Å²) >= 11 is 0. The second-order valence-corrected chi connectivity index (χ2v) is 5.09. The van der Waals surface area contributed by atoms with Crippen molar-refractivity contribution in [2.45, 2.75) is 38.8 Å². The third-order valence-corrected chi connectivity index (χ3v) is 3.41. The summed E-state index contributed by atoms with van der Waals surface area (Å²) in [5.41, 5.74) is 0. The van der Waals surface area contributed by atoms with Crippen LogP contribution in [0.3, 0.4) is 0 Å². The molecule has 0 spiro atoms. The maximum absolute atomic E-state index is 5.62. The topological polar surface area (TPSA) is 50.0 Å². The van der Waals surface area contributed by atoms with Gasteiger partial charge in [-0.25, -0.2) is 0 Å². The van der Waals surface area contributed by atoms with E-state index < -0.39 is 0 Å². The van der Waals surface area contributed by atoms with E-state index >= 15 is 0 Å². The highest BCUT2D eigenvalue weighted by atomic mass is 127. The number of nitrogens with zero attached hydrogens (tertiary/aromatic N) is 2. The smallest absolute Gasteiger partial charge is 0.194 e. The third-order valence-electron chi connectivity index (χ3n) is 3.41. The molecule has 0 amide bonds. The Labute approximate surface area is 144 Å². The number of furan rings is 1. The first-order valence-corrected chi connectivity index (χ1v) is 7.43. The van der Waals surface area contributed by atoms with Crippen LogP contribution in [-0.2, 0) is 11.3 Å². The molecule has 5 nitrogen and oxygen atoms in total. The van der Waals surface area contributed by atoms with Crippen LogP contribution < -0.4 is 5.32 Å². The fourth-order valence-electron chi connectivity index (χ4n) is 2.37. The Hall–Kier alpha value is -0.760. The highest BCUT2D eigenvalue weighted by Crippen LogP contribution is 2.15. The molecule has 0 aliphatic carbocycles. The summed E-state index contributed by atoms with van der Waals surface area (Å²) < 4.78 is 11.0. The van der Waals surface area contributed by atoms with Crippen molar-refractivity contribution < 1.29 is 9.15 Å². The van der Waals surface area contributed by atoms with Gasteiger partial charge in [0, 0.05) is 26.7 Å². The average Bonchev–Trinajstić information content (AvgIpc) is 3.10. The first kappa shape index (κ1) is 18.3. The van der Waals surface area contributed by atoms with Gasteiger partial charge in [-0.1, -0.05) is 0 Å². The fourth-order valence-corrected chi connectivity index (χ4v) is 2.37. The Bertz CT molecular complexity index is 403.